The molecule has 1 aliphatic heterocycles. The zero-order chi connectivity index (χ0) is 13.9. The van der Waals surface area contributed by atoms with Gasteiger partial charge in [-0.25, -0.2) is 0 Å². The van der Waals surface area contributed by atoms with Gasteiger partial charge in [0.1, 0.15) is 3.70 Å². The molecule has 0 radical (unpaired) electrons. The van der Waals surface area contributed by atoms with Gasteiger partial charge in [0, 0.05) is 45.5 Å². The molecule has 5 heteroatoms. The van der Waals surface area contributed by atoms with E-state index in [1.807, 2.05) is 20.0 Å². The number of halogens is 1. The van der Waals surface area contributed by atoms with Crippen molar-refractivity contribution in [2.75, 3.05) is 32.7 Å². The zero-order valence-electron chi connectivity index (χ0n) is 11.6. The van der Waals surface area contributed by atoms with Gasteiger partial charge in [0.2, 0.25) is 0 Å². The van der Waals surface area contributed by atoms with Crippen molar-refractivity contribution in [3.63, 3.8) is 0 Å². The lowest BCUT2D eigenvalue weighted by Crippen LogP contribution is -2.50. The molecule has 0 unspecified atom stereocenters. The van der Waals surface area contributed by atoms with E-state index >= 15 is 0 Å². The normalized spacial score (nSPS) is 18.7. The number of aliphatic hydroxyl groups is 1. The van der Waals surface area contributed by atoms with E-state index in [1.165, 1.54) is 5.56 Å². The molecule has 0 aromatic carbocycles. The number of hydrogen-bond donors (Lipinski definition) is 1. The minimum absolute atomic E-state index is 0.595. The molecular formula is C14H22IN3O. The summed E-state index contributed by atoms with van der Waals surface area (Å²) in [5, 5.41) is 9.83. The van der Waals surface area contributed by atoms with Crippen molar-refractivity contribution in [3.8, 4) is 0 Å². The van der Waals surface area contributed by atoms with Crippen molar-refractivity contribution in [1.29, 1.82) is 0 Å². The average molecular weight is 375 g/mol. The van der Waals surface area contributed by atoms with E-state index in [9.17, 15) is 5.11 Å². The summed E-state index contributed by atoms with van der Waals surface area (Å²) in [6.07, 6.45) is 1.96. The first kappa shape index (κ1) is 15.2. The Morgan fingerprint density at radius 3 is 2.37 bits per heavy atom. The highest BCUT2D eigenvalue weighted by Gasteiger charge is 2.22. The fraction of sp³-hybridized carbons (Fsp3) is 0.643. The maximum Gasteiger partial charge on any atom is 0.101 e. The van der Waals surface area contributed by atoms with Crippen LogP contribution in [0.3, 0.4) is 0 Å². The van der Waals surface area contributed by atoms with Crippen LogP contribution in [-0.4, -0.2) is 58.2 Å². The predicted molar refractivity (Wildman–Crippen MR) is 85.0 cm³/mol. The Morgan fingerprint density at radius 1 is 1.21 bits per heavy atom. The fourth-order valence-corrected chi connectivity index (χ4v) is 2.73. The van der Waals surface area contributed by atoms with E-state index in [0.717, 1.165) is 43.0 Å². The average Bonchev–Trinajstić information content (AvgIpc) is 2.33. The van der Waals surface area contributed by atoms with Gasteiger partial charge >= 0.3 is 0 Å². The number of nitrogens with zero attached hydrogens (tertiary/aromatic N) is 3. The van der Waals surface area contributed by atoms with E-state index in [0.29, 0.717) is 0 Å². The summed E-state index contributed by atoms with van der Waals surface area (Å²) < 4.78 is 1.04. The fourth-order valence-electron chi connectivity index (χ4n) is 2.41. The number of pyridine rings is 1. The maximum absolute atomic E-state index is 9.83. The second-order valence-electron chi connectivity index (χ2n) is 5.85. The molecular weight excluding hydrogens is 353 g/mol. The lowest BCUT2D eigenvalue weighted by molar-refractivity contribution is 0.0166. The van der Waals surface area contributed by atoms with Crippen molar-refractivity contribution in [2.24, 2.45) is 0 Å². The standard InChI is InChI=1S/C14H22IN3O/c1-14(2,19)11-18-7-5-17(6-8-18)10-12-3-4-13(15)16-9-12/h3-4,9,19H,5-8,10-11H2,1-2H3. The smallest absolute Gasteiger partial charge is 0.101 e. The van der Waals surface area contributed by atoms with Gasteiger partial charge in [-0.3, -0.25) is 14.8 Å². The van der Waals surface area contributed by atoms with Gasteiger partial charge in [-0.1, -0.05) is 6.07 Å². The highest BCUT2D eigenvalue weighted by molar-refractivity contribution is 14.1. The van der Waals surface area contributed by atoms with Crippen LogP contribution in [0.4, 0.5) is 0 Å². The van der Waals surface area contributed by atoms with Crippen LogP contribution in [0.5, 0.6) is 0 Å². The SMILES string of the molecule is CC(C)(O)CN1CCN(Cc2ccc(I)nc2)CC1. The van der Waals surface area contributed by atoms with E-state index in [4.69, 9.17) is 0 Å². The second kappa shape index (κ2) is 6.47. The molecule has 0 atom stereocenters. The van der Waals surface area contributed by atoms with Gasteiger partial charge in [0.15, 0.2) is 0 Å². The van der Waals surface area contributed by atoms with Gasteiger partial charge in [-0.2, -0.15) is 0 Å². The molecule has 0 spiro atoms. The molecule has 0 saturated carbocycles. The van der Waals surface area contributed by atoms with E-state index < -0.39 is 5.60 Å². The van der Waals surface area contributed by atoms with Crippen LogP contribution >= 0.6 is 22.6 Å². The lowest BCUT2D eigenvalue weighted by atomic mass is 10.1. The number of hydrogen-bond acceptors (Lipinski definition) is 4. The van der Waals surface area contributed by atoms with Crippen molar-refractivity contribution in [3.05, 3.63) is 27.6 Å². The Hall–Kier alpha value is -0.240. The van der Waals surface area contributed by atoms with Crippen LogP contribution in [-0.2, 0) is 6.54 Å². The monoisotopic (exact) mass is 375 g/mol. The van der Waals surface area contributed by atoms with Crippen LogP contribution in [0.2, 0.25) is 0 Å². The van der Waals surface area contributed by atoms with Crippen molar-refractivity contribution in [1.82, 2.24) is 14.8 Å². The Balaban J connectivity index is 1.79. The molecule has 2 heterocycles. The van der Waals surface area contributed by atoms with Gasteiger partial charge < -0.3 is 5.11 Å². The van der Waals surface area contributed by atoms with Gasteiger partial charge in [-0.05, 0) is 48.1 Å². The Morgan fingerprint density at radius 2 is 1.84 bits per heavy atom. The summed E-state index contributed by atoms with van der Waals surface area (Å²) >= 11 is 2.23. The third-order valence-electron chi connectivity index (χ3n) is 3.27. The minimum atomic E-state index is -0.595. The van der Waals surface area contributed by atoms with Crippen LogP contribution < -0.4 is 0 Å². The molecule has 4 nitrogen and oxygen atoms in total. The summed E-state index contributed by atoms with van der Waals surface area (Å²) in [6.45, 7) is 9.65. The summed E-state index contributed by atoms with van der Waals surface area (Å²) in [5.41, 5.74) is 0.679. The van der Waals surface area contributed by atoms with Crippen molar-refractivity contribution < 1.29 is 5.11 Å². The van der Waals surface area contributed by atoms with E-state index in [-0.39, 0.29) is 0 Å². The molecule has 1 N–H and O–H groups in total. The maximum atomic E-state index is 9.83. The lowest BCUT2D eigenvalue weighted by Gasteiger charge is -2.37. The van der Waals surface area contributed by atoms with E-state index in [1.54, 1.807) is 0 Å². The number of rotatable bonds is 4. The number of piperazine rings is 1. The second-order valence-corrected chi connectivity index (χ2v) is 6.96. The highest BCUT2D eigenvalue weighted by Crippen LogP contribution is 2.11. The molecule has 2 rings (SSSR count). The van der Waals surface area contributed by atoms with Crippen LogP contribution in [0.15, 0.2) is 18.3 Å². The third kappa shape index (κ3) is 5.33. The largest absolute Gasteiger partial charge is 0.389 e. The number of aromatic nitrogens is 1. The highest BCUT2D eigenvalue weighted by atomic mass is 127. The molecule has 1 aromatic heterocycles. The van der Waals surface area contributed by atoms with Crippen molar-refractivity contribution >= 4 is 22.6 Å². The third-order valence-corrected chi connectivity index (χ3v) is 3.91. The molecule has 1 fully saturated rings. The molecule has 0 amide bonds. The number of β-amino-alcohol motifs (C(OH)–C–C–N with tert-alkyl or cyclic N) is 1. The molecule has 0 aliphatic carbocycles. The molecule has 1 saturated heterocycles. The quantitative estimate of drug-likeness (QED) is 0.641. The first-order valence-electron chi connectivity index (χ1n) is 6.70. The Labute approximate surface area is 129 Å². The van der Waals surface area contributed by atoms with Gasteiger partial charge in [0.25, 0.3) is 0 Å². The van der Waals surface area contributed by atoms with Gasteiger partial charge in [-0.15, -0.1) is 0 Å². The molecule has 1 aromatic rings. The minimum Gasteiger partial charge on any atom is -0.389 e. The summed E-state index contributed by atoms with van der Waals surface area (Å²) in [5.74, 6) is 0. The topological polar surface area (TPSA) is 39.6 Å². The zero-order valence-corrected chi connectivity index (χ0v) is 13.8. The van der Waals surface area contributed by atoms with Crippen LogP contribution in [0.25, 0.3) is 0 Å². The Kier molecular flexibility index (Phi) is 5.16. The predicted octanol–water partition coefficient (Wildman–Crippen LogP) is 1.57. The van der Waals surface area contributed by atoms with Crippen LogP contribution in [0, 0.1) is 3.70 Å². The first-order chi connectivity index (χ1) is 8.92. The summed E-state index contributed by atoms with van der Waals surface area (Å²) in [7, 11) is 0. The summed E-state index contributed by atoms with van der Waals surface area (Å²) in [6, 6.07) is 4.21. The Bertz CT molecular complexity index is 394. The molecule has 106 valence electrons. The van der Waals surface area contributed by atoms with Gasteiger partial charge in [0.05, 0.1) is 5.60 Å². The van der Waals surface area contributed by atoms with Crippen molar-refractivity contribution in [2.45, 2.75) is 26.0 Å². The molecule has 19 heavy (non-hydrogen) atoms. The molecule has 0 bridgehead atoms. The van der Waals surface area contributed by atoms with E-state index in [2.05, 4.69) is 49.5 Å². The first-order valence-corrected chi connectivity index (χ1v) is 7.78. The summed E-state index contributed by atoms with van der Waals surface area (Å²) in [4.78, 5) is 9.11. The molecule has 1 aliphatic rings. The van der Waals surface area contributed by atoms with Crippen LogP contribution in [0.1, 0.15) is 19.4 Å².